The predicted octanol–water partition coefficient (Wildman–Crippen LogP) is 4.85. The minimum Gasteiger partial charge on any atom is -0.207 e. The Labute approximate surface area is 106 Å². The Morgan fingerprint density at radius 2 is 1.56 bits per heavy atom. The van der Waals surface area contributed by atoms with Crippen LogP contribution in [-0.4, -0.2) is 0 Å². The van der Waals surface area contributed by atoms with E-state index in [0.29, 0.717) is 5.69 Å². The zero-order valence-corrected chi connectivity index (χ0v) is 10.4. The third-order valence-electron chi connectivity index (χ3n) is 1.95. The van der Waals surface area contributed by atoms with Crippen molar-refractivity contribution in [1.82, 2.24) is 0 Å². The van der Waals surface area contributed by atoms with Crippen molar-refractivity contribution in [3.63, 3.8) is 0 Å². The van der Waals surface area contributed by atoms with E-state index >= 15 is 0 Å². The van der Waals surface area contributed by atoms with Gasteiger partial charge in [-0.05, 0) is 59.0 Å². The average Bonchev–Trinajstić information content (AvgIpc) is 2.30. The summed E-state index contributed by atoms with van der Waals surface area (Å²) in [6.45, 7) is 0. The lowest BCUT2D eigenvalue weighted by molar-refractivity contribution is 0.628. The normalized spacial score (nSPS) is 10.9. The van der Waals surface area contributed by atoms with Gasteiger partial charge >= 0.3 is 0 Å². The second-order valence-corrected chi connectivity index (χ2v) is 4.29. The van der Waals surface area contributed by atoms with Gasteiger partial charge in [0, 0.05) is 3.57 Å². The summed E-state index contributed by atoms with van der Waals surface area (Å²) < 4.78 is 13.7. The second-order valence-electron chi connectivity index (χ2n) is 3.13. The van der Waals surface area contributed by atoms with Crippen LogP contribution in [0.1, 0.15) is 0 Å². The largest absolute Gasteiger partial charge is 0.207 e. The van der Waals surface area contributed by atoms with Crippen molar-refractivity contribution in [2.24, 2.45) is 10.2 Å². The van der Waals surface area contributed by atoms with E-state index in [2.05, 4.69) is 32.8 Å². The molecule has 0 amide bonds. The molecule has 0 spiro atoms. The van der Waals surface area contributed by atoms with E-state index in [-0.39, 0.29) is 5.82 Å². The maximum absolute atomic E-state index is 12.6. The molecule has 0 aromatic heterocycles. The summed E-state index contributed by atoms with van der Waals surface area (Å²) in [4.78, 5) is 0. The molecule has 0 saturated heterocycles. The average molecular weight is 326 g/mol. The molecule has 0 heterocycles. The van der Waals surface area contributed by atoms with Crippen molar-refractivity contribution in [2.45, 2.75) is 0 Å². The molecule has 16 heavy (non-hydrogen) atoms. The van der Waals surface area contributed by atoms with Crippen LogP contribution in [0, 0.1) is 9.39 Å². The minimum atomic E-state index is -0.270. The van der Waals surface area contributed by atoms with E-state index in [9.17, 15) is 4.39 Å². The minimum absolute atomic E-state index is 0.270. The van der Waals surface area contributed by atoms with E-state index < -0.39 is 0 Å². The summed E-state index contributed by atoms with van der Waals surface area (Å²) in [5.74, 6) is -0.270. The Morgan fingerprint density at radius 3 is 2.25 bits per heavy atom. The van der Waals surface area contributed by atoms with Crippen LogP contribution in [0.3, 0.4) is 0 Å². The highest BCUT2D eigenvalue weighted by molar-refractivity contribution is 14.1. The summed E-state index contributed by atoms with van der Waals surface area (Å²) in [5.41, 5.74) is 1.45. The van der Waals surface area contributed by atoms with Crippen LogP contribution < -0.4 is 0 Å². The predicted molar refractivity (Wildman–Crippen MR) is 69.7 cm³/mol. The van der Waals surface area contributed by atoms with Crippen LogP contribution in [0.5, 0.6) is 0 Å². The van der Waals surface area contributed by atoms with Crippen molar-refractivity contribution < 1.29 is 4.39 Å². The van der Waals surface area contributed by atoms with Gasteiger partial charge in [-0.25, -0.2) is 4.39 Å². The van der Waals surface area contributed by atoms with Gasteiger partial charge in [-0.2, -0.15) is 5.11 Å². The highest BCUT2D eigenvalue weighted by Gasteiger charge is 1.95. The van der Waals surface area contributed by atoms with Crippen LogP contribution >= 0.6 is 22.6 Å². The number of azo groups is 1. The zero-order valence-electron chi connectivity index (χ0n) is 8.27. The van der Waals surface area contributed by atoms with Crippen LogP contribution in [0.4, 0.5) is 15.8 Å². The molecular formula is C12H8FIN2. The Morgan fingerprint density at radius 1 is 0.875 bits per heavy atom. The molecule has 2 aromatic carbocycles. The van der Waals surface area contributed by atoms with E-state index in [1.54, 1.807) is 12.1 Å². The summed E-state index contributed by atoms with van der Waals surface area (Å²) in [6, 6.07) is 13.6. The quantitative estimate of drug-likeness (QED) is 0.557. The maximum atomic E-state index is 12.6. The first-order valence-electron chi connectivity index (χ1n) is 4.67. The number of nitrogens with zero attached hydrogens (tertiary/aromatic N) is 2. The second kappa shape index (κ2) is 5.16. The first-order valence-corrected chi connectivity index (χ1v) is 5.75. The number of rotatable bonds is 2. The number of hydrogen-bond acceptors (Lipinski definition) is 2. The fraction of sp³-hybridized carbons (Fsp3) is 0. The van der Waals surface area contributed by atoms with Crippen LogP contribution in [0.2, 0.25) is 0 Å². The van der Waals surface area contributed by atoms with Gasteiger partial charge in [0.15, 0.2) is 0 Å². The Bertz CT molecular complexity index is 509. The van der Waals surface area contributed by atoms with Gasteiger partial charge in [0.2, 0.25) is 0 Å². The standard InChI is InChI=1S/C12H8FIN2/c13-9-5-7-10(8-6-9)15-16-12-4-2-1-3-11(12)14/h1-8H. The molecule has 2 nitrogen and oxygen atoms in total. The number of benzene rings is 2. The fourth-order valence-electron chi connectivity index (χ4n) is 1.15. The SMILES string of the molecule is Fc1ccc(N=Nc2ccccc2I)cc1. The topological polar surface area (TPSA) is 24.7 Å². The van der Waals surface area contributed by atoms with Gasteiger partial charge in [-0.3, -0.25) is 0 Å². The van der Waals surface area contributed by atoms with Gasteiger partial charge in [-0.15, -0.1) is 5.11 Å². The summed E-state index contributed by atoms with van der Waals surface area (Å²) in [7, 11) is 0. The maximum Gasteiger partial charge on any atom is 0.123 e. The molecule has 0 radical (unpaired) electrons. The number of hydrogen-bond donors (Lipinski definition) is 0. The first kappa shape index (κ1) is 11.2. The molecule has 4 heteroatoms. The van der Waals surface area contributed by atoms with E-state index in [1.807, 2.05) is 24.3 Å². The van der Waals surface area contributed by atoms with E-state index in [1.165, 1.54) is 12.1 Å². The molecular weight excluding hydrogens is 318 g/mol. The molecule has 80 valence electrons. The first-order chi connectivity index (χ1) is 7.75. The number of halogens is 2. The summed E-state index contributed by atoms with van der Waals surface area (Å²) >= 11 is 2.19. The molecule has 2 aromatic rings. The summed E-state index contributed by atoms with van der Waals surface area (Å²) in [6.07, 6.45) is 0. The summed E-state index contributed by atoms with van der Waals surface area (Å²) in [5, 5.41) is 8.13. The van der Waals surface area contributed by atoms with Gasteiger partial charge < -0.3 is 0 Å². The van der Waals surface area contributed by atoms with Gasteiger partial charge in [0.25, 0.3) is 0 Å². The van der Waals surface area contributed by atoms with E-state index in [4.69, 9.17) is 0 Å². The van der Waals surface area contributed by atoms with Crippen molar-refractivity contribution in [2.75, 3.05) is 0 Å². The molecule has 0 aliphatic heterocycles. The molecule has 0 atom stereocenters. The third kappa shape index (κ3) is 2.85. The molecule has 2 rings (SSSR count). The third-order valence-corrected chi connectivity index (χ3v) is 2.86. The molecule has 0 N–H and O–H groups in total. The van der Waals surface area contributed by atoms with Crippen molar-refractivity contribution in [3.8, 4) is 0 Å². The van der Waals surface area contributed by atoms with Crippen LogP contribution in [-0.2, 0) is 0 Å². The molecule has 0 saturated carbocycles. The molecule has 0 fully saturated rings. The lowest BCUT2D eigenvalue weighted by atomic mass is 10.3. The van der Waals surface area contributed by atoms with Crippen molar-refractivity contribution in [1.29, 1.82) is 0 Å². The molecule has 0 bridgehead atoms. The van der Waals surface area contributed by atoms with Crippen LogP contribution in [0.15, 0.2) is 58.8 Å². The van der Waals surface area contributed by atoms with E-state index in [0.717, 1.165) is 9.26 Å². The Balaban J connectivity index is 2.21. The molecule has 0 aliphatic rings. The fourth-order valence-corrected chi connectivity index (χ4v) is 1.65. The van der Waals surface area contributed by atoms with Gasteiger partial charge in [0.05, 0.1) is 11.4 Å². The Hall–Kier alpha value is -1.30. The Kier molecular flexibility index (Phi) is 3.61. The highest BCUT2D eigenvalue weighted by atomic mass is 127. The van der Waals surface area contributed by atoms with Gasteiger partial charge in [-0.1, -0.05) is 12.1 Å². The lowest BCUT2D eigenvalue weighted by Crippen LogP contribution is -1.71. The lowest BCUT2D eigenvalue weighted by Gasteiger charge is -1.95. The van der Waals surface area contributed by atoms with Crippen molar-refractivity contribution >= 4 is 34.0 Å². The highest BCUT2D eigenvalue weighted by Crippen LogP contribution is 2.23. The molecule has 0 aliphatic carbocycles. The monoisotopic (exact) mass is 326 g/mol. The van der Waals surface area contributed by atoms with Crippen molar-refractivity contribution in [3.05, 3.63) is 57.9 Å². The smallest absolute Gasteiger partial charge is 0.123 e. The van der Waals surface area contributed by atoms with Crippen LogP contribution in [0.25, 0.3) is 0 Å². The van der Waals surface area contributed by atoms with Gasteiger partial charge in [0.1, 0.15) is 5.82 Å². The molecule has 0 unspecified atom stereocenters. The zero-order chi connectivity index (χ0) is 11.4.